The smallest absolute Gasteiger partial charge is 0.471 e. The van der Waals surface area contributed by atoms with Gasteiger partial charge in [-0.1, -0.05) is 6.92 Å². The van der Waals surface area contributed by atoms with Crippen molar-refractivity contribution in [1.29, 1.82) is 0 Å². The molecule has 0 rings (SSSR count). The molecule has 0 aliphatic carbocycles. The third-order valence-corrected chi connectivity index (χ3v) is 2.18. The number of carboxylic acids is 1. The molecular formula is C10H16F3NO3. The average molecular weight is 255 g/mol. The van der Waals surface area contributed by atoms with E-state index in [4.69, 9.17) is 5.11 Å². The van der Waals surface area contributed by atoms with Crippen molar-refractivity contribution < 1.29 is 27.9 Å². The Balaban J connectivity index is 5.05. The minimum Gasteiger partial charge on any atom is -0.481 e. The van der Waals surface area contributed by atoms with Gasteiger partial charge in [0.1, 0.15) is 0 Å². The van der Waals surface area contributed by atoms with E-state index in [0.717, 1.165) is 0 Å². The van der Waals surface area contributed by atoms with Crippen LogP contribution in [0.15, 0.2) is 0 Å². The van der Waals surface area contributed by atoms with Crippen molar-refractivity contribution in [3.8, 4) is 0 Å². The van der Waals surface area contributed by atoms with Gasteiger partial charge in [0.15, 0.2) is 0 Å². The van der Waals surface area contributed by atoms with E-state index in [9.17, 15) is 22.8 Å². The minimum atomic E-state index is -4.99. The number of halogens is 3. The van der Waals surface area contributed by atoms with E-state index in [0.29, 0.717) is 4.90 Å². The molecular weight excluding hydrogens is 239 g/mol. The van der Waals surface area contributed by atoms with Gasteiger partial charge in [-0.3, -0.25) is 9.59 Å². The van der Waals surface area contributed by atoms with E-state index >= 15 is 0 Å². The number of carbonyl (C=O) groups excluding carboxylic acids is 1. The van der Waals surface area contributed by atoms with E-state index in [-0.39, 0.29) is 0 Å². The van der Waals surface area contributed by atoms with Crippen molar-refractivity contribution in [3.05, 3.63) is 0 Å². The number of carbonyl (C=O) groups is 2. The summed E-state index contributed by atoms with van der Waals surface area (Å²) in [5, 5.41) is 8.66. The molecule has 4 nitrogen and oxygen atoms in total. The second kappa shape index (κ2) is 4.93. The van der Waals surface area contributed by atoms with Crippen LogP contribution in [0, 0.1) is 5.92 Å². The van der Waals surface area contributed by atoms with Gasteiger partial charge in [0.05, 0.1) is 5.92 Å². The summed E-state index contributed by atoms with van der Waals surface area (Å²) >= 11 is 0. The second-order valence-electron chi connectivity index (χ2n) is 4.82. The van der Waals surface area contributed by atoms with E-state index < -0.39 is 36.1 Å². The summed E-state index contributed by atoms with van der Waals surface area (Å²) in [6.45, 7) is 5.05. The molecule has 0 aliphatic heterocycles. The van der Waals surface area contributed by atoms with Crippen molar-refractivity contribution >= 4 is 11.9 Å². The lowest BCUT2D eigenvalue weighted by Crippen LogP contribution is -2.53. The van der Waals surface area contributed by atoms with Gasteiger partial charge in [-0.15, -0.1) is 0 Å². The van der Waals surface area contributed by atoms with Crippen LogP contribution in [-0.4, -0.2) is 40.1 Å². The Kier molecular flexibility index (Phi) is 4.56. The van der Waals surface area contributed by atoms with Gasteiger partial charge >= 0.3 is 18.1 Å². The number of hydrogen-bond donors (Lipinski definition) is 1. The maximum absolute atomic E-state index is 12.3. The molecule has 1 unspecified atom stereocenters. The van der Waals surface area contributed by atoms with Crippen LogP contribution in [-0.2, 0) is 9.59 Å². The quantitative estimate of drug-likeness (QED) is 0.837. The summed E-state index contributed by atoms with van der Waals surface area (Å²) in [5.41, 5.74) is -1.09. The predicted molar refractivity (Wildman–Crippen MR) is 54.3 cm³/mol. The van der Waals surface area contributed by atoms with Crippen molar-refractivity contribution in [2.45, 2.75) is 39.4 Å². The van der Waals surface area contributed by atoms with Crippen LogP contribution in [0.25, 0.3) is 0 Å². The second-order valence-corrected chi connectivity index (χ2v) is 4.82. The Labute approximate surface area is 97.4 Å². The molecule has 0 spiro atoms. The number of alkyl halides is 3. The van der Waals surface area contributed by atoms with Crippen LogP contribution in [0.5, 0.6) is 0 Å². The molecule has 0 heterocycles. The molecule has 1 N–H and O–H groups in total. The molecule has 0 aromatic carbocycles. The first-order valence-corrected chi connectivity index (χ1v) is 4.99. The summed E-state index contributed by atoms with van der Waals surface area (Å²) in [6, 6.07) is 0. The number of amides is 1. The highest BCUT2D eigenvalue weighted by Crippen LogP contribution is 2.25. The Morgan fingerprint density at radius 3 is 1.88 bits per heavy atom. The maximum atomic E-state index is 12.3. The molecule has 17 heavy (non-hydrogen) atoms. The summed E-state index contributed by atoms with van der Waals surface area (Å²) in [5.74, 6) is -4.31. The van der Waals surface area contributed by atoms with E-state index in [1.807, 2.05) is 0 Å². The zero-order valence-corrected chi connectivity index (χ0v) is 10.1. The summed E-state index contributed by atoms with van der Waals surface area (Å²) in [4.78, 5) is 22.3. The Morgan fingerprint density at radius 2 is 1.65 bits per heavy atom. The molecule has 0 fully saturated rings. The van der Waals surface area contributed by atoms with Gasteiger partial charge in [0.2, 0.25) is 0 Å². The molecule has 0 saturated carbocycles. The molecule has 0 aromatic rings. The fourth-order valence-corrected chi connectivity index (χ4v) is 1.17. The highest BCUT2D eigenvalue weighted by atomic mass is 19.4. The van der Waals surface area contributed by atoms with Crippen molar-refractivity contribution in [2.24, 2.45) is 5.92 Å². The van der Waals surface area contributed by atoms with E-state index in [1.54, 1.807) is 0 Å². The normalized spacial score (nSPS) is 14.3. The first kappa shape index (κ1) is 15.7. The van der Waals surface area contributed by atoms with Crippen molar-refractivity contribution in [3.63, 3.8) is 0 Å². The minimum absolute atomic E-state index is 0.475. The van der Waals surface area contributed by atoms with Crippen molar-refractivity contribution in [1.82, 2.24) is 4.90 Å². The average Bonchev–Trinajstić information content (AvgIpc) is 2.08. The van der Waals surface area contributed by atoms with Crippen LogP contribution >= 0.6 is 0 Å². The van der Waals surface area contributed by atoms with Crippen LogP contribution < -0.4 is 0 Å². The number of hydrogen-bond acceptors (Lipinski definition) is 2. The molecule has 100 valence electrons. The van der Waals surface area contributed by atoms with Gasteiger partial charge in [-0.05, 0) is 20.8 Å². The third-order valence-electron chi connectivity index (χ3n) is 2.18. The van der Waals surface area contributed by atoms with Gasteiger partial charge in [0.25, 0.3) is 0 Å². The standard InChI is InChI=1S/C10H16F3NO3/c1-6(7(15)16)5-14(9(2,3)4)8(17)10(11,12)13/h6H,5H2,1-4H3,(H,15,16). The fourth-order valence-electron chi connectivity index (χ4n) is 1.17. The van der Waals surface area contributed by atoms with Gasteiger partial charge < -0.3 is 10.0 Å². The van der Waals surface area contributed by atoms with E-state index in [2.05, 4.69) is 0 Å². The lowest BCUT2D eigenvalue weighted by atomic mass is 10.0. The molecule has 0 bridgehead atoms. The molecule has 1 atom stereocenters. The van der Waals surface area contributed by atoms with Gasteiger partial charge in [-0.25, -0.2) is 0 Å². The molecule has 0 saturated heterocycles. The lowest BCUT2D eigenvalue weighted by Gasteiger charge is -2.37. The zero-order chi connectivity index (χ0) is 14.0. The summed E-state index contributed by atoms with van der Waals surface area (Å²) in [7, 11) is 0. The number of rotatable bonds is 3. The Bertz CT molecular complexity index is 307. The highest BCUT2D eigenvalue weighted by Gasteiger charge is 2.46. The van der Waals surface area contributed by atoms with Crippen LogP contribution in [0.3, 0.4) is 0 Å². The van der Waals surface area contributed by atoms with Gasteiger partial charge in [0, 0.05) is 12.1 Å². The molecule has 0 aromatic heterocycles. The summed E-state index contributed by atoms with van der Waals surface area (Å²) < 4.78 is 37.0. The molecule has 0 radical (unpaired) electrons. The zero-order valence-electron chi connectivity index (χ0n) is 10.1. The predicted octanol–water partition coefficient (Wildman–Crippen LogP) is 1.90. The largest absolute Gasteiger partial charge is 0.481 e. The number of aliphatic carboxylic acids is 1. The maximum Gasteiger partial charge on any atom is 0.471 e. The Morgan fingerprint density at radius 1 is 1.24 bits per heavy atom. The Hall–Kier alpha value is -1.27. The highest BCUT2D eigenvalue weighted by molar-refractivity contribution is 5.83. The first-order chi connectivity index (χ1) is 7.37. The van der Waals surface area contributed by atoms with E-state index in [1.165, 1.54) is 27.7 Å². The van der Waals surface area contributed by atoms with Gasteiger partial charge in [-0.2, -0.15) is 13.2 Å². The topological polar surface area (TPSA) is 57.6 Å². The molecule has 1 amide bonds. The lowest BCUT2D eigenvalue weighted by molar-refractivity contribution is -0.191. The van der Waals surface area contributed by atoms with Crippen LogP contribution in [0.1, 0.15) is 27.7 Å². The first-order valence-electron chi connectivity index (χ1n) is 4.99. The fraction of sp³-hybridized carbons (Fsp3) is 0.800. The molecule has 0 aliphatic rings. The number of carboxylic acid groups (broad SMARTS) is 1. The van der Waals surface area contributed by atoms with Crippen LogP contribution in [0.2, 0.25) is 0 Å². The summed E-state index contributed by atoms with van der Waals surface area (Å²) in [6.07, 6.45) is -4.99. The SMILES string of the molecule is CC(CN(C(=O)C(F)(F)F)C(C)(C)C)C(=O)O. The van der Waals surface area contributed by atoms with Crippen molar-refractivity contribution in [2.75, 3.05) is 6.54 Å². The number of nitrogens with zero attached hydrogens (tertiary/aromatic N) is 1. The third kappa shape index (κ3) is 4.62. The van der Waals surface area contributed by atoms with Crippen LogP contribution in [0.4, 0.5) is 13.2 Å². The molecule has 7 heteroatoms. The monoisotopic (exact) mass is 255 g/mol.